The van der Waals surface area contributed by atoms with Crippen LogP contribution in [0.1, 0.15) is 49.1 Å². The maximum absolute atomic E-state index is 14.0. The van der Waals surface area contributed by atoms with Gasteiger partial charge in [0.1, 0.15) is 5.82 Å². The standard InChI is InChI=1S/C15H20FN/c16-14-8-4-7-12-9-17-10-13(15(12)14)11-5-2-1-3-6-11/h4,7-8,11,13,17H,1-3,5-6,9-10H2. The highest BCUT2D eigenvalue weighted by molar-refractivity contribution is 5.34. The van der Waals surface area contributed by atoms with E-state index in [1.165, 1.54) is 37.7 Å². The minimum absolute atomic E-state index is 0.0135. The third-order valence-electron chi connectivity index (χ3n) is 4.41. The van der Waals surface area contributed by atoms with E-state index in [1.807, 2.05) is 6.07 Å². The molecule has 0 aromatic heterocycles. The first-order valence-corrected chi connectivity index (χ1v) is 6.84. The average Bonchev–Trinajstić information content (AvgIpc) is 2.39. The van der Waals surface area contributed by atoms with Gasteiger partial charge in [-0.3, -0.25) is 0 Å². The van der Waals surface area contributed by atoms with Crippen LogP contribution in [-0.2, 0) is 6.54 Å². The van der Waals surface area contributed by atoms with Crippen LogP contribution in [0.15, 0.2) is 18.2 Å². The van der Waals surface area contributed by atoms with Gasteiger partial charge in [-0.05, 0) is 36.0 Å². The molecular weight excluding hydrogens is 213 g/mol. The van der Waals surface area contributed by atoms with Gasteiger partial charge in [-0.25, -0.2) is 4.39 Å². The Balaban J connectivity index is 1.92. The number of hydrogen-bond acceptors (Lipinski definition) is 1. The number of fused-ring (bicyclic) bond motifs is 1. The van der Waals surface area contributed by atoms with Gasteiger partial charge in [0.2, 0.25) is 0 Å². The smallest absolute Gasteiger partial charge is 0.127 e. The fraction of sp³-hybridized carbons (Fsp3) is 0.600. The minimum Gasteiger partial charge on any atom is -0.312 e. The normalized spacial score (nSPS) is 25.6. The van der Waals surface area contributed by atoms with Crippen molar-refractivity contribution in [1.29, 1.82) is 0 Å². The van der Waals surface area contributed by atoms with E-state index in [0.29, 0.717) is 11.8 Å². The van der Waals surface area contributed by atoms with E-state index < -0.39 is 0 Å². The molecule has 17 heavy (non-hydrogen) atoms. The van der Waals surface area contributed by atoms with Crippen LogP contribution in [-0.4, -0.2) is 6.54 Å². The molecular formula is C15H20FN. The summed E-state index contributed by atoms with van der Waals surface area (Å²) in [6, 6.07) is 5.53. The molecule has 0 radical (unpaired) electrons. The highest BCUT2D eigenvalue weighted by Crippen LogP contribution is 2.39. The summed E-state index contributed by atoms with van der Waals surface area (Å²) in [6.07, 6.45) is 6.57. The molecule has 92 valence electrons. The van der Waals surface area contributed by atoms with Gasteiger partial charge in [0.25, 0.3) is 0 Å². The highest BCUT2D eigenvalue weighted by Gasteiger charge is 2.30. The molecule has 1 heterocycles. The number of halogens is 1. The lowest BCUT2D eigenvalue weighted by Gasteiger charge is -2.35. The Morgan fingerprint density at radius 2 is 1.94 bits per heavy atom. The third kappa shape index (κ3) is 2.11. The van der Waals surface area contributed by atoms with E-state index in [0.717, 1.165) is 18.7 Å². The van der Waals surface area contributed by atoms with Crippen molar-refractivity contribution in [3.05, 3.63) is 35.1 Å². The molecule has 0 saturated heterocycles. The zero-order chi connectivity index (χ0) is 11.7. The first-order chi connectivity index (χ1) is 8.36. The molecule has 0 amide bonds. The van der Waals surface area contributed by atoms with E-state index >= 15 is 0 Å². The van der Waals surface area contributed by atoms with E-state index in [1.54, 1.807) is 6.07 Å². The molecule has 0 spiro atoms. The lowest BCUT2D eigenvalue weighted by Crippen LogP contribution is -2.34. The van der Waals surface area contributed by atoms with Crippen molar-refractivity contribution in [2.24, 2.45) is 5.92 Å². The van der Waals surface area contributed by atoms with E-state index in [9.17, 15) is 4.39 Å². The molecule has 1 unspecified atom stereocenters. The Bertz CT molecular complexity index is 396. The molecule has 1 fully saturated rings. The summed E-state index contributed by atoms with van der Waals surface area (Å²) in [5.74, 6) is 1.10. The summed E-state index contributed by atoms with van der Waals surface area (Å²) in [7, 11) is 0. The van der Waals surface area contributed by atoms with Crippen molar-refractivity contribution in [1.82, 2.24) is 5.32 Å². The third-order valence-corrected chi connectivity index (χ3v) is 4.41. The SMILES string of the molecule is Fc1cccc2c1C(C1CCCCC1)CNC2. The summed E-state index contributed by atoms with van der Waals surface area (Å²) in [5, 5.41) is 3.45. The maximum Gasteiger partial charge on any atom is 0.127 e. The molecule has 1 atom stereocenters. The van der Waals surface area contributed by atoms with Gasteiger partial charge in [0, 0.05) is 19.0 Å². The second-order valence-corrected chi connectivity index (χ2v) is 5.45. The van der Waals surface area contributed by atoms with Crippen LogP contribution in [0.2, 0.25) is 0 Å². The summed E-state index contributed by atoms with van der Waals surface area (Å²) >= 11 is 0. The van der Waals surface area contributed by atoms with E-state index in [2.05, 4.69) is 11.4 Å². The molecule has 0 bridgehead atoms. The van der Waals surface area contributed by atoms with Crippen molar-refractivity contribution in [3.63, 3.8) is 0 Å². The minimum atomic E-state index is 0.0135. The van der Waals surface area contributed by atoms with Gasteiger partial charge in [0.15, 0.2) is 0 Å². The Labute approximate surface area is 102 Å². The molecule has 1 aromatic rings. The molecule has 1 aliphatic carbocycles. The Hall–Kier alpha value is -0.890. The quantitative estimate of drug-likeness (QED) is 0.781. The Kier molecular flexibility index (Phi) is 3.15. The fourth-order valence-electron chi connectivity index (χ4n) is 3.55. The molecule has 2 heteroatoms. The van der Waals surface area contributed by atoms with Crippen molar-refractivity contribution in [3.8, 4) is 0 Å². The number of benzene rings is 1. The van der Waals surface area contributed by atoms with Crippen molar-refractivity contribution in [2.45, 2.75) is 44.6 Å². The molecule has 1 nitrogen and oxygen atoms in total. The van der Waals surface area contributed by atoms with Gasteiger partial charge >= 0.3 is 0 Å². The second-order valence-electron chi connectivity index (χ2n) is 5.45. The summed E-state index contributed by atoms with van der Waals surface area (Å²) in [6.45, 7) is 1.79. The van der Waals surface area contributed by atoms with E-state index in [4.69, 9.17) is 0 Å². The Morgan fingerprint density at radius 1 is 1.12 bits per heavy atom. The van der Waals surface area contributed by atoms with Crippen LogP contribution in [0.3, 0.4) is 0 Å². The molecule has 1 saturated carbocycles. The lowest BCUT2D eigenvalue weighted by molar-refractivity contribution is 0.283. The summed E-state index contributed by atoms with van der Waals surface area (Å²) in [5.41, 5.74) is 2.19. The first-order valence-electron chi connectivity index (χ1n) is 6.84. The predicted molar refractivity (Wildman–Crippen MR) is 67.4 cm³/mol. The van der Waals surface area contributed by atoms with Crippen LogP contribution in [0.5, 0.6) is 0 Å². The Morgan fingerprint density at radius 3 is 2.76 bits per heavy atom. The zero-order valence-corrected chi connectivity index (χ0v) is 10.2. The molecule has 3 rings (SSSR count). The maximum atomic E-state index is 14.0. The molecule has 1 aromatic carbocycles. The first kappa shape index (κ1) is 11.2. The molecule has 1 aliphatic heterocycles. The van der Waals surface area contributed by atoms with Gasteiger partial charge in [-0.1, -0.05) is 31.4 Å². The van der Waals surface area contributed by atoms with Crippen LogP contribution >= 0.6 is 0 Å². The summed E-state index contributed by atoms with van der Waals surface area (Å²) < 4.78 is 14.0. The van der Waals surface area contributed by atoms with Crippen molar-refractivity contribution < 1.29 is 4.39 Å². The van der Waals surface area contributed by atoms with Gasteiger partial charge in [-0.2, -0.15) is 0 Å². The fourth-order valence-corrected chi connectivity index (χ4v) is 3.55. The van der Waals surface area contributed by atoms with Crippen LogP contribution in [0.4, 0.5) is 4.39 Å². The van der Waals surface area contributed by atoms with Gasteiger partial charge in [0.05, 0.1) is 0 Å². The van der Waals surface area contributed by atoms with Gasteiger partial charge in [-0.15, -0.1) is 0 Å². The predicted octanol–water partition coefficient (Wildman–Crippen LogP) is 3.59. The molecule has 2 aliphatic rings. The van der Waals surface area contributed by atoms with Crippen LogP contribution in [0, 0.1) is 11.7 Å². The highest BCUT2D eigenvalue weighted by atomic mass is 19.1. The van der Waals surface area contributed by atoms with Crippen LogP contribution < -0.4 is 5.32 Å². The zero-order valence-electron chi connectivity index (χ0n) is 10.2. The lowest BCUT2D eigenvalue weighted by atomic mass is 9.74. The van der Waals surface area contributed by atoms with E-state index in [-0.39, 0.29) is 5.82 Å². The largest absolute Gasteiger partial charge is 0.312 e. The monoisotopic (exact) mass is 233 g/mol. The van der Waals surface area contributed by atoms with Crippen molar-refractivity contribution >= 4 is 0 Å². The number of rotatable bonds is 1. The number of nitrogens with one attached hydrogen (secondary N) is 1. The average molecular weight is 233 g/mol. The van der Waals surface area contributed by atoms with Crippen LogP contribution in [0.25, 0.3) is 0 Å². The van der Waals surface area contributed by atoms with Crippen molar-refractivity contribution in [2.75, 3.05) is 6.54 Å². The van der Waals surface area contributed by atoms with Gasteiger partial charge < -0.3 is 5.32 Å². The number of hydrogen-bond donors (Lipinski definition) is 1. The molecule has 1 N–H and O–H groups in total. The second kappa shape index (κ2) is 4.77. The topological polar surface area (TPSA) is 12.0 Å². The summed E-state index contributed by atoms with van der Waals surface area (Å²) in [4.78, 5) is 0.